The summed E-state index contributed by atoms with van der Waals surface area (Å²) < 4.78 is 0. The fourth-order valence-corrected chi connectivity index (χ4v) is 3.81. The first kappa shape index (κ1) is 21.3. The average Bonchev–Trinajstić information content (AvgIpc) is 3.46. The normalized spacial score (nSPS) is 11.2. The molecular weight excluding hydrogens is 432 g/mol. The Labute approximate surface area is 194 Å². The molecule has 0 saturated carbocycles. The van der Waals surface area contributed by atoms with Gasteiger partial charge in [0.05, 0.1) is 28.4 Å². The van der Waals surface area contributed by atoms with E-state index in [1.807, 2.05) is 25.1 Å². The van der Waals surface area contributed by atoms with E-state index in [1.165, 1.54) is 0 Å². The first-order chi connectivity index (χ1) is 16.5. The number of para-hydroxylation sites is 1. The van der Waals surface area contributed by atoms with Gasteiger partial charge in [0, 0.05) is 29.9 Å². The number of imidazole rings is 1. The Morgan fingerprint density at radius 1 is 1.12 bits per heavy atom. The van der Waals surface area contributed by atoms with E-state index in [0.29, 0.717) is 45.9 Å². The van der Waals surface area contributed by atoms with Crippen LogP contribution < -0.4 is 11.1 Å². The van der Waals surface area contributed by atoms with Crippen molar-refractivity contribution in [1.29, 1.82) is 0 Å². The van der Waals surface area contributed by atoms with Crippen LogP contribution in [0.2, 0.25) is 0 Å². The largest absolute Gasteiger partial charge is 0.366 e. The summed E-state index contributed by atoms with van der Waals surface area (Å²) in [6.45, 7) is 2.05. The number of fused-ring (bicyclic) bond motifs is 2. The van der Waals surface area contributed by atoms with Gasteiger partial charge < -0.3 is 16.0 Å². The number of nitrogens with zero attached hydrogens (tertiary/aromatic N) is 4. The smallest absolute Gasteiger partial charge is 0.250 e. The minimum absolute atomic E-state index is 0.0355. The second-order valence-electron chi connectivity index (χ2n) is 7.96. The Balaban J connectivity index is 1.52. The lowest BCUT2D eigenvalue weighted by Crippen LogP contribution is -2.11. The van der Waals surface area contributed by atoms with Crippen molar-refractivity contribution in [1.82, 2.24) is 30.1 Å². The standard InChI is InChI=1S/C24H22N8O2/c1-2-3-7-19(33)28-15-8-13(10-26-12-15)14-9-17-21(31-32-23(17)27-11-14)24-29-18-6-4-5-16(22(25)34)20(18)30-24/h4-6,8-12H,2-3,7H2,1H3,(H2,25,34)(H,28,33)(H,29,30)(H,27,31,32). The van der Waals surface area contributed by atoms with Gasteiger partial charge in [-0.3, -0.25) is 19.7 Å². The van der Waals surface area contributed by atoms with E-state index in [2.05, 4.69) is 35.5 Å². The highest BCUT2D eigenvalue weighted by molar-refractivity contribution is 6.05. The molecule has 5 aromatic rings. The van der Waals surface area contributed by atoms with Crippen molar-refractivity contribution in [2.24, 2.45) is 5.73 Å². The number of anilines is 1. The van der Waals surface area contributed by atoms with Gasteiger partial charge in [0.2, 0.25) is 5.91 Å². The molecule has 0 radical (unpaired) electrons. The number of primary amides is 1. The second-order valence-corrected chi connectivity index (χ2v) is 7.96. The van der Waals surface area contributed by atoms with Crippen LogP contribution in [-0.4, -0.2) is 41.9 Å². The van der Waals surface area contributed by atoms with E-state index in [4.69, 9.17) is 5.73 Å². The number of aromatic nitrogens is 6. The Morgan fingerprint density at radius 2 is 1.97 bits per heavy atom. The summed E-state index contributed by atoms with van der Waals surface area (Å²) >= 11 is 0. The van der Waals surface area contributed by atoms with E-state index in [9.17, 15) is 9.59 Å². The van der Waals surface area contributed by atoms with Crippen LogP contribution in [0.15, 0.2) is 48.9 Å². The van der Waals surface area contributed by atoms with Gasteiger partial charge in [-0.25, -0.2) is 9.97 Å². The SMILES string of the molecule is CCCCC(=O)Nc1cncc(-c2cnc3[nH]nc(-c4nc5c(C(N)=O)cccc5[nH]4)c3c2)c1. The molecule has 0 fully saturated rings. The van der Waals surface area contributed by atoms with Crippen molar-refractivity contribution in [3.05, 3.63) is 54.5 Å². The van der Waals surface area contributed by atoms with Gasteiger partial charge in [0.25, 0.3) is 5.91 Å². The minimum Gasteiger partial charge on any atom is -0.366 e. The van der Waals surface area contributed by atoms with E-state index in [1.54, 1.807) is 30.7 Å². The van der Waals surface area contributed by atoms with Gasteiger partial charge in [-0.05, 0) is 30.7 Å². The number of hydrogen-bond acceptors (Lipinski definition) is 6. The molecule has 170 valence electrons. The summed E-state index contributed by atoms with van der Waals surface area (Å²) in [4.78, 5) is 40.4. The van der Waals surface area contributed by atoms with Gasteiger partial charge in [-0.1, -0.05) is 19.4 Å². The first-order valence-electron chi connectivity index (χ1n) is 10.9. The van der Waals surface area contributed by atoms with Crippen LogP contribution >= 0.6 is 0 Å². The van der Waals surface area contributed by atoms with Crippen LogP contribution in [0, 0.1) is 0 Å². The number of benzene rings is 1. The van der Waals surface area contributed by atoms with Crippen LogP contribution in [0.1, 0.15) is 36.5 Å². The number of aromatic amines is 2. The van der Waals surface area contributed by atoms with Crippen molar-refractivity contribution in [3.63, 3.8) is 0 Å². The summed E-state index contributed by atoms with van der Waals surface area (Å²) in [5.41, 5.74) is 10.4. The molecule has 0 saturated heterocycles. The monoisotopic (exact) mass is 454 g/mol. The number of H-pyrrole nitrogens is 2. The third-order valence-electron chi connectivity index (χ3n) is 5.53. The quantitative estimate of drug-likeness (QED) is 0.293. The maximum atomic E-state index is 12.1. The highest BCUT2D eigenvalue weighted by Crippen LogP contribution is 2.30. The third-order valence-corrected chi connectivity index (χ3v) is 5.53. The van der Waals surface area contributed by atoms with Crippen LogP contribution in [-0.2, 0) is 4.79 Å². The van der Waals surface area contributed by atoms with Crippen molar-refractivity contribution in [3.8, 4) is 22.6 Å². The predicted molar refractivity (Wildman–Crippen MR) is 129 cm³/mol. The summed E-state index contributed by atoms with van der Waals surface area (Å²) in [7, 11) is 0. The molecule has 0 atom stereocenters. The van der Waals surface area contributed by atoms with Crippen molar-refractivity contribution in [2.75, 3.05) is 5.32 Å². The number of unbranched alkanes of at least 4 members (excludes halogenated alkanes) is 1. The average molecular weight is 454 g/mol. The maximum Gasteiger partial charge on any atom is 0.250 e. The number of rotatable bonds is 7. The lowest BCUT2D eigenvalue weighted by molar-refractivity contribution is -0.116. The molecule has 10 heteroatoms. The highest BCUT2D eigenvalue weighted by Gasteiger charge is 2.17. The second kappa shape index (κ2) is 8.74. The molecule has 0 aliphatic heterocycles. The third kappa shape index (κ3) is 3.96. The number of nitrogens with two attached hydrogens (primary N) is 1. The van der Waals surface area contributed by atoms with Crippen LogP contribution in [0.25, 0.3) is 44.7 Å². The molecule has 34 heavy (non-hydrogen) atoms. The number of nitrogens with one attached hydrogen (secondary N) is 3. The number of pyridine rings is 2. The van der Waals surface area contributed by atoms with Crippen LogP contribution in [0.3, 0.4) is 0 Å². The molecular formula is C24H22N8O2. The molecule has 0 spiro atoms. The minimum atomic E-state index is -0.548. The number of hydrogen-bond donors (Lipinski definition) is 4. The van der Waals surface area contributed by atoms with E-state index >= 15 is 0 Å². The Kier molecular flexibility index (Phi) is 5.46. The number of carbonyl (C=O) groups is 2. The zero-order valence-electron chi connectivity index (χ0n) is 18.4. The topological polar surface area (TPSA) is 155 Å². The molecule has 5 N–H and O–H groups in total. The molecule has 5 rings (SSSR count). The lowest BCUT2D eigenvalue weighted by atomic mass is 10.1. The fourth-order valence-electron chi connectivity index (χ4n) is 3.81. The summed E-state index contributed by atoms with van der Waals surface area (Å²) in [5.74, 6) is -0.0932. The molecule has 0 unspecified atom stereocenters. The predicted octanol–water partition coefficient (Wildman–Crippen LogP) is 3.79. The lowest BCUT2D eigenvalue weighted by Gasteiger charge is -2.07. The van der Waals surface area contributed by atoms with Gasteiger partial charge >= 0.3 is 0 Å². The summed E-state index contributed by atoms with van der Waals surface area (Å²) in [6.07, 6.45) is 7.32. The molecule has 0 aliphatic rings. The number of amides is 2. The number of carbonyl (C=O) groups excluding carboxylic acids is 2. The zero-order chi connectivity index (χ0) is 23.7. The molecule has 1 aromatic carbocycles. The van der Waals surface area contributed by atoms with E-state index < -0.39 is 5.91 Å². The van der Waals surface area contributed by atoms with Gasteiger partial charge in [-0.2, -0.15) is 5.10 Å². The Bertz CT molecular complexity index is 1530. The van der Waals surface area contributed by atoms with Crippen LogP contribution in [0.5, 0.6) is 0 Å². The maximum absolute atomic E-state index is 12.1. The van der Waals surface area contributed by atoms with Gasteiger partial charge in [-0.15, -0.1) is 0 Å². The van der Waals surface area contributed by atoms with Gasteiger partial charge in [0.15, 0.2) is 11.5 Å². The molecule has 4 aromatic heterocycles. The molecule has 2 amide bonds. The summed E-state index contributed by atoms with van der Waals surface area (Å²) in [5, 5.41) is 10.9. The molecule has 4 heterocycles. The van der Waals surface area contributed by atoms with E-state index in [-0.39, 0.29) is 5.91 Å². The van der Waals surface area contributed by atoms with Crippen molar-refractivity contribution < 1.29 is 9.59 Å². The highest BCUT2D eigenvalue weighted by atomic mass is 16.1. The summed E-state index contributed by atoms with van der Waals surface area (Å²) in [6, 6.07) is 9.00. The molecule has 0 aliphatic carbocycles. The molecule has 10 nitrogen and oxygen atoms in total. The van der Waals surface area contributed by atoms with Crippen LogP contribution in [0.4, 0.5) is 5.69 Å². The Morgan fingerprint density at radius 3 is 2.79 bits per heavy atom. The van der Waals surface area contributed by atoms with Crippen molar-refractivity contribution in [2.45, 2.75) is 26.2 Å². The van der Waals surface area contributed by atoms with Gasteiger partial charge in [0.1, 0.15) is 11.2 Å². The zero-order valence-corrected chi connectivity index (χ0v) is 18.4. The molecule has 0 bridgehead atoms. The fraction of sp³-hybridized carbons (Fsp3) is 0.167. The van der Waals surface area contributed by atoms with E-state index in [0.717, 1.165) is 29.4 Å². The Hall–Kier alpha value is -4.60. The van der Waals surface area contributed by atoms with Crippen molar-refractivity contribution >= 4 is 39.6 Å². The first-order valence-corrected chi connectivity index (χ1v) is 10.9.